The van der Waals surface area contributed by atoms with Crippen LogP contribution >= 0.6 is 0 Å². The van der Waals surface area contributed by atoms with Crippen LogP contribution in [-0.2, 0) is 6.18 Å². The number of alkyl halides is 3. The van der Waals surface area contributed by atoms with E-state index in [2.05, 4.69) is 4.98 Å². The van der Waals surface area contributed by atoms with Crippen molar-refractivity contribution in [1.82, 2.24) is 4.98 Å². The zero-order valence-electron chi connectivity index (χ0n) is 12.0. The van der Waals surface area contributed by atoms with E-state index in [4.69, 9.17) is 11.1 Å². The quantitative estimate of drug-likeness (QED) is 0.661. The summed E-state index contributed by atoms with van der Waals surface area (Å²) in [6, 6.07) is 2.03. The molecule has 20 heavy (non-hydrogen) atoms. The second-order valence-corrected chi connectivity index (χ2v) is 5.20. The smallest absolute Gasteiger partial charge is 0.384 e. The molecule has 0 aromatic carbocycles. The van der Waals surface area contributed by atoms with E-state index in [1.165, 1.54) is 6.07 Å². The fourth-order valence-electron chi connectivity index (χ4n) is 1.60. The summed E-state index contributed by atoms with van der Waals surface area (Å²) in [7, 11) is 1.65. The molecule has 0 atom stereocenters. The van der Waals surface area contributed by atoms with E-state index in [0.717, 1.165) is 6.07 Å². The Labute approximate surface area is 116 Å². The number of nitrogens with zero attached hydrogens (tertiary/aromatic N) is 2. The molecule has 1 rings (SSSR count). The van der Waals surface area contributed by atoms with E-state index in [0.29, 0.717) is 6.42 Å². The largest absolute Gasteiger partial charge is 0.433 e. The molecule has 3 N–H and O–H groups in total. The molecule has 0 bridgehead atoms. The third-order valence-electron chi connectivity index (χ3n) is 3.55. The van der Waals surface area contributed by atoms with Crippen molar-refractivity contribution in [3.05, 3.63) is 23.4 Å². The SMILES string of the molecule is CCC(C)(C)N(C)c1nc(C(F)(F)F)ccc1C(=N)N. The van der Waals surface area contributed by atoms with Crippen molar-refractivity contribution in [2.45, 2.75) is 38.9 Å². The average molecular weight is 288 g/mol. The van der Waals surface area contributed by atoms with Crippen molar-refractivity contribution in [1.29, 1.82) is 5.41 Å². The lowest BCUT2D eigenvalue weighted by atomic mass is 9.99. The Hall–Kier alpha value is -1.79. The summed E-state index contributed by atoms with van der Waals surface area (Å²) >= 11 is 0. The molecule has 4 nitrogen and oxygen atoms in total. The number of hydrogen-bond donors (Lipinski definition) is 2. The maximum absolute atomic E-state index is 12.8. The molecular formula is C13H19F3N4. The molecular weight excluding hydrogens is 269 g/mol. The van der Waals surface area contributed by atoms with E-state index >= 15 is 0 Å². The van der Waals surface area contributed by atoms with Crippen LogP contribution in [0.15, 0.2) is 12.1 Å². The number of anilines is 1. The van der Waals surface area contributed by atoms with Gasteiger partial charge in [-0.2, -0.15) is 13.2 Å². The van der Waals surface area contributed by atoms with Crippen molar-refractivity contribution in [2.75, 3.05) is 11.9 Å². The van der Waals surface area contributed by atoms with Gasteiger partial charge in [-0.25, -0.2) is 4.98 Å². The first-order chi connectivity index (χ1) is 9.00. The van der Waals surface area contributed by atoms with Gasteiger partial charge in [0.15, 0.2) is 0 Å². The summed E-state index contributed by atoms with van der Waals surface area (Å²) in [5, 5.41) is 7.49. The maximum atomic E-state index is 12.8. The first-order valence-corrected chi connectivity index (χ1v) is 6.17. The normalized spacial score (nSPS) is 12.3. The van der Waals surface area contributed by atoms with Gasteiger partial charge in [0.1, 0.15) is 17.3 Å². The van der Waals surface area contributed by atoms with Crippen molar-refractivity contribution in [3.8, 4) is 0 Å². The van der Waals surface area contributed by atoms with Crippen molar-refractivity contribution in [3.63, 3.8) is 0 Å². The van der Waals surface area contributed by atoms with Gasteiger partial charge in [-0.1, -0.05) is 6.92 Å². The number of nitrogens with one attached hydrogen (secondary N) is 1. The van der Waals surface area contributed by atoms with Gasteiger partial charge < -0.3 is 10.6 Å². The van der Waals surface area contributed by atoms with E-state index in [-0.39, 0.29) is 17.2 Å². The highest BCUT2D eigenvalue weighted by Gasteiger charge is 2.34. The minimum Gasteiger partial charge on any atom is -0.384 e. The first kappa shape index (κ1) is 16.3. The van der Waals surface area contributed by atoms with Gasteiger partial charge in [0.25, 0.3) is 0 Å². The van der Waals surface area contributed by atoms with E-state index in [1.807, 2.05) is 20.8 Å². The summed E-state index contributed by atoms with van der Waals surface area (Å²) in [6.45, 7) is 5.70. The van der Waals surface area contributed by atoms with Crippen LogP contribution in [0.5, 0.6) is 0 Å². The number of nitrogens with two attached hydrogens (primary N) is 1. The maximum Gasteiger partial charge on any atom is 0.433 e. The summed E-state index contributed by atoms with van der Waals surface area (Å²) in [5.41, 5.74) is 4.24. The molecule has 0 aliphatic carbocycles. The van der Waals surface area contributed by atoms with E-state index < -0.39 is 17.4 Å². The first-order valence-electron chi connectivity index (χ1n) is 6.17. The molecule has 112 valence electrons. The van der Waals surface area contributed by atoms with Crippen LogP contribution in [0.4, 0.5) is 19.0 Å². The molecule has 0 spiro atoms. The van der Waals surface area contributed by atoms with Crippen LogP contribution < -0.4 is 10.6 Å². The van der Waals surface area contributed by atoms with Gasteiger partial charge >= 0.3 is 6.18 Å². The van der Waals surface area contributed by atoms with E-state index in [1.54, 1.807) is 11.9 Å². The lowest BCUT2D eigenvalue weighted by molar-refractivity contribution is -0.141. The Bertz CT molecular complexity index is 509. The second kappa shape index (κ2) is 5.30. The van der Waals surface area contributed by atoms with Crippen LogP contribution in [0.2, 0.25) is 0 Å². The lowest BCUT2D eigenvalue weighted by Gasteiger charge is -2.37. The Balaban J connectivity index is 3.44. The van der Waals surface area contributed by atoms with Gasteiger partial charge in [0.2, 0.25) is 0 Å². The Morgan fingerprint density at radius 2 is 1.90 bits per heavy atom. The Morgan fingerprint density at radius 1 is 1.35 bits per heavy atom. The molecule has 0 saturated heterocycles. The van der Waals surface area contributed by atoms with Gasteiger partial charge in [-0.05, 0) is 32.4 Å². The molecule has 0 aliphatic heterocycles. The average Bonchev–Trinajstić information content (AvgIpc) is 2.35. The van der Waals surface area contributed by atoms with Gasteiger partial charge in [0.05, 0.1) is 5.56 Å². The number of amidine groups is 1. The van der Waals surface area contributed by atoms with Crippen LogP contribution in [-0.4, -0.2) is 23.4 Å². The minimum absolute atomic E-state index is 0.0687. The predicted molar refractivity (Wildman–Crippen MR) is 73.0 cm³/mol. The van der Waals surface area contributed by atoms with Crippen LogP contribution in [0.1, 0.15) is 38.4 Å². The molecule has 7 heteroatoms. The third kappa shape index (κ3) is 3.20. The standard InChI is InChI=1S/C13H19F3N4/c1-5-12(2,3)20(4)11-8(10(17)18)6-7-9(19-11)13(14,15)16/h6-7H,5H2,1-4H3,(H3,17,18). The molecule has 1 aromatic heterocycles. The Morgan fingerprint density at radius 3 is 2.30 bits per heavy atom. The molecule has 0 amide bonds. The number of nitrogen functional groups attached to an aromatic ring is 1. The number of pyridine rings is 1. The summed E-state index contributed by atoms with van der Waals surface area (Å²) in [4.78, 5) is 5.28. The summed E-state index contributed by atoms with van der Waals surface area (Å²) in [5.74, 6) is -0.237. The lowest BCUT2D eigenvalue weighted by Crippen LogP contribution is -2.42. The monoisotopic (exact) mass is 288 g/mol. The predicted octanol–water partition coefficient (Wildman–Crippen LogP) is 3.01. The van der Waals surface area contributed by atoms with Crippen LogP contribution in [0.3, 0.4) is 0 Å². The molecule has 0 unspecified atom stereocenters. The fourth-order valence-corrected chi connectivity index (χ4v) is 1.60. The van der Waals surface area contributed by atoms with Crippen LogP contribution in [0, 0.1) is 5.41 Å². The third-order valence-corrected chi connectivity index (χ3v) is 3.55. The summed E-state index contributed by atoms with van der Waals surface area (Å²) < 4.78 is 38.3. The zero-order valence-corrected chi connectivity index (χ0v) is 12.0. The van der Waals surface area contributed by atoms with Crippen LogP contribution in [0.25, 0.3) is 0 Å². The number of aromatic nitrogens is 1. The van der Waals surface area contributed by atoms with Crippen molar-refractivity contribution in [2.24, 2.45) is 5.73 Å². The second-order valence-electron chi connectivity index (χ2n) is 5.20. The highest BCUT2D eigenvalue weighted by atomic mass is 19.4. The highest BCUT2D eigenvalue weighted by molar-refractivity contribution is 5.99. The topological polar surface area (TPSA) is 66.0 Å². The fraction of sp³-hybridized carbons (Fsp3) is 0.538. The number of halogens is 3. The molecule has 1 heterocycles. The number of rotatable bonds is 4. The highest BCUT2D eigenvalue weighted by Crippen LogP contribution is 2.32. The van der Waals surface area contributed by atoms with Gasteiger partial charge in [-0.3, -0.25) is 5.41 Å². The molecule has 0 fully saturated rings. The van der Waals surface area contributed by atoms with Crippen molar-refractivity contribution >= 4 is 11.7 Å². The van der Waals surface area contributed by atoms with Gasteiger partial charge in [-0.15, -0.1) is 0 Å². The Kier molecular flexibility index (Phi) is 4.31. The van der Waals surface area contributed by atoms with E-state index in [9.17, 15) is 13.2 Å². The summed E-state index contributed by atoms with van der Waals surface area (Å²) in [6.07, 6.45) is -3.82. The zero-order chi connectivity index (χ0) is 15.7. The minimum atomic E-state index is -4.53. The molecule has 1 aromatic rings. The molecule has 0 saturated carbocycles. The molecule has 0 radical (unpaired) electrons. The van der Waals surface area contributed by atoms with Gasteiger partial charge in [0, 0.05) is 12.6 Å². The molecule has 0 aliphatic rings. The van der Waals surface area contributed by atoms with Crippen molar-refractivity contribution < 1.29 is 13.2 Å². The number of hydrogen-bond acceptors (Lipinski definition) is 3.